The van der Waals surface area contributed by atoms with Gasteiger partial charge in [0, 0.05) is 16.8 Å². The average molecular weight is 285 g/mol. The smallest absolute Gasteiger partial charge is 0.201 e. The molecule has 3 aromatic rings. The molecule has 1 aromatic heterocycles. The summed E-state index contributed by atoms with van der Waals surface area (Å²) >= 11 is 0. The summed E-state index contributed by atoms with van der Waals surface area (Å²) < 4.78 is 10.5. The summed E-state index contributed by atoms with van der Waals surface area (Å²) in [6, 6.07) is 8.93. The third kappa shape index (κ3) is 2.16. The van der Waals surface area contributed by atoms with Gasteiger partial charge in [0.2, 0.25) is 5.75 Å². The Morgan fingerprint density at radius 3 is 2.57 bits per heavy atom. The molecule has 0 radical (unpaired) electrons. The number of nitrogens with zero attached hydrogens (tertiary/aromatic N) is 1. The highest BCUT2D eigenvalue weighted by Gasteiger charge is 2.14. The highest BCUT2D eigenvalue weighted by molar-refractivity contribution is 5.98. The molecule has 108 valence electrons. The first-order chi connectivity index (χ1) is 10.1. The second-order valence-corrected chi connectivity index (χ2v) is 4.62. The van der Waals surface area contributed by atoms with Crippen LogP contribution in [-0.4, -0.2) is 28.9 Å². The van der Waals surface area contributed by atoms with Crippen molar-refractivity contribution in [3.05, 3.63) is 30.3 Å². The molecule has 0 aliphatic carbocycles. The van der Waals surface area contributed by atoms with E-state index >= 15 is 0 Å². The molecule has 0 unspecified atom stereocenters. The first kappa shape index (κ1) is 13.3. The lowest BCUT2D eigenvalue weighted by Crippen LogP contribution is -1.92. The number of hydrogen-bond acceptors (Lipinski definition) is 5. The lowest BCUT2D eigenvalue weighted by Gasteiger charge is -2.10. The molecule has 0 saturated heterocycles. The fourth-order valence-corrected chi connectivity index (χ4v) is 2.32. The van der Waals surface area contributed by atoms with Crippen LogP contribution in [0.1, 0.15) is 6.92 Å². The number of hydrogen-bond donors (Lipinski definition) is 2. The van der Waals surface area contributed by atoms with E-state index in [1.54, 1.807) is 12.1 Å². The largest absolute Gasteiger partial charge is 0.504 e. The molecule has 2 aromatic carbocycles. The molecule has 0 atom stereocenters. The molecule has 2 N–H and O–H groups in total. The molecule has 3 rings (SSSR count). The highest BCUT2D eigenvalue weighted by Crippen LogP contribution is 2.42. The average Bonchev–Trinajstić information content (AvgIpc) is 2.50. The maximum absolute atomic E-state index is 10.1. The van der Waals surface area contributed by atoms with Gasteiger partial charge < -0.3 is 19.7 Å². The number of aromatic hydroxyl groups is 2. The predicted octanol–water partition coefficient (Wildman–Crippen LogP) is 3.21. The fraction of sp³-hybridized carbons (Fsp3) is 0.188. The number of ether oxygens (including phenoxy) is 2. The summed E-state index contributed by atoms with van der Waals surface area (Å²) in [5, 5.41) is 21.3. The summed E-state index contributed by atoms with van der Waals surface area (Å²) in [4.78, 5) is 4.48. The van der Waals surface area contributed by atoms with E-state index in [0.717, 1.165) is 16.7 Å². The van der Waals surface area contributed by atoms with Gasteiger partial charge in [-0.15, -0.1) is 0 Å². The van der Waals surface area contributed by atoms with Crippen LogP contribution in [0.25, 0.3) is 21.8 Å². The summed E-state index contributed by atoms with van der Waals surface area (Å²) in [5.74, 6) is 0.411. The first-order valence-electron chi connectivity index (χ1n) is 6.60. The van der Waals surface area contributed by atoms with E-state index in [-0.39, 0.29) is 17.2 Å². The van der Waals surface area contributed by atoms with Crippen molar-refractivity contribution in [3.63, 3.8) is 0 Å². The van der Waals surface area contributed by atoms with Gasteiger partial charge in [-0.3, -0.25) is 0 Å². The molecule has 0 saturated carbocycles. The fourth-order valence-electron chi connectivity index (χ4n) is 2.32. The van der Waals surface area contributed by atoms with Crippen LogP contribution >= 0.6 is 0 Å². The van der Waals surface area contributed by atoms with E-state index in [4.69, 9.17) is 9.47 Å². The van der Waals surface area contributed by atoms with Crippen LogP contribution in [0.5, 0.6) is 23.0 Å². The zero-order valence-corrected chi connectivity index (χ0v) is 11.8. The van der Waals surface area contributed by atoms with Gasteiger partial charge >= 0.3 is 0 Å². The number of methoxy groups -OCH3 is 1. The van der Waals surface area contributed by atoms with E-state index in [2.05, 4.69) is 4.98 Å². The Kier molecular flexibility index (Phi) is 3.17. The van der Waals surface area contributed by atoms with Crippen LogP contribution in [-0.2, 0) is 0 Å². The van der Waals surface area contributed by atoms with Gasteiger partial charge in [-0.05, 0) is 31.2 Å². The molecule has 5 heteroatoms. The molecule has 0 aliphatic heterocycles. The molecular formula is C16H15NO4. The van der Waals surface area contributed by atoms with Crippen molar-refractivity contribution in [2.24, 2.45) is 0 Å². The minimum atomic E-state index is -0.285. The van der Waals surface area contributed by atoms with Gasteiger partial charge in [0.15, 0.2) is 11.5 Å². The summed E-state index contributed by atoms with van der Waals surface area (Å²) in [5.41, 5.74) is 1.33. The van der Waals surface area contributed by atoms with E-state index in [9.17, 15) is 10.2 Å². The lowest BCUT2D eigenvalue weighted by atomic mass is 10.1. The third-order valence-corrected chi connectivity index (χ3v) is 3.33. The molecular weight excluding hydrogens is 270 g/mol. The highest BCUT2D eigenvalue weighted by atomic mass is 16.5. The number of phenols is 2. The Labute approximate surface area is 121 Å². The van der Waals surface area contributed by atoms with Crippen molar-refractivity contribution in [3.8, 4) is 23.0 Å². The zero-order chi connectivity index (χ0) is 15.0. The van der Waals surface area contributed by atoms with E-state index in [0.29, 0.717) is 17.5 Å². The topological polar surface area (TPSA) is 71.8 Å². The minimum Gasteiger partial charge on any atom is -0.504 e. The Bertz CT molecular complexity index is 829. The van der Waals surface area contributed by atoms with Gasteiger partial charge in [-0.1, -0.05) is 0 Å². The van der Waals surface area contributed by atoms with Crippen molar-refractivity contribution >= 4 is 21.8 Å². The predicted molar refractivity (Wildman–Crippen MR) is 80.3 cm³/mol. The molecule has 0 bridgehead atoms. The van der Waals surface area contributed by atoms with Crippen LogP contribution in [0.2, 0.25) is 0 Å². The van der Waals surface area contributed by atoms with Gasteiger partial charge in [0.1, 0.15) is 5.75 Å². The number of aromatic nitrogens is 1. The molecule has 5 nitrogen and oxygen atoms in total. The van der Waals surface area contributed by atoms with E-state index in [1.165, 1.54) is 7.11 Å². The normalized spacial score (nSPS) is 11.0. The van der Waals surface area contributed by atoms with Gasteiger partial charge in [-0.2, -0.15) is 0 Å². The van der Waals surface area contributed by atoms with E-state index < -0.39 is 0 Å². The van der Waals surface area contributed by atoms with Crippen LogP contribution in [0, 0.1) is 0 Å². The molecule has 0 aliphatic rings. The van der Waals surface area contributed by atoms with Crippen LogP contribution < -0.4 is 9.47 Å². The molecule has 21 heavy (non-hydrogen) atoms. The first-order valence-corrected chi connectivity index (χ1v) is 6.60. The molecule has 0 fully saturated rings. The standard InChI is InChI=1S/C16H15NO4/c1-3-21-10-4-5-12-9(6-10)7-11-13(17-12)8-14(20-2)16(19)15(11)18/h4-8,18-19H,3H2,1-2H3. The number of phenolic OH excluding ortho intramolecular Hbond substituents is 2. The van der Waals surface area contributed by atoms with Crippen LogP contribution in [0.15, 0.2) is 30.3 Å². The number of benzene rings is 2. The van der Waals surface area contributed by atoms with Crippen molar-refractivity contribution in [1.82, 2.24) is 4.98 Å². The second-order valence-electron chi connectivity index (χ2n) is 4.62. The maximum Gasteiger partial charge on any atom is 0.201 e. The molecule has 0 spiro atoms. The maximum atomic E-state index is 10.1. The Hall–Kier alpha value is -2.69. The molecule has 1 heterocycles. The second kappa shape index (κ2) is 5.01. The van der Waals surface area contributed by atoms with Crippen LogP contribution in [0.3, 0.4) is 0 Å². The van der Waals surface area contributed by atoms with Crippen molar-refractivity contribution < 1.29 is 19.7 Å². The quantitative estimate of drug-likeness (QED) is 0.571. The van der Waals surface area contributed by atoms with Gasteiger partial charge in [0.05, 0.1) is 24.8 Å². The minimum absolute atomic E-state index is 0.192. The third-order valence-electron chi connectivity index (χ3n) is 3.33. The number of fused-ring (bicyclic) bond motifs is 2. The zero-order valence-electron chi connectivity index (χ0n) is 11.8. The van der Waals surface area contributed by atoms with Gasteiger partial charge in [0.25, 0.3) is 0 Å². The Balaban J connectivity index is 2.30. The van der Waals surface area contributed by atoms with Gasteiger partial charge in [-0.25, -0.2) is 4.98 Å². The number of rotatable bonds is 3. The van der Waals surface area contributed by atoms with E-state index in [1.807, 2.05) is 25.1 Å². The van der Waals surface area contributed by atoms with Crippen molar-refractivity contribution in [2.75, 3.05) is 13.7 Å². The Morgan fingerprint density at radius 2 is 1.86 bits per heavy atom. The lowest BCUT2D eigenvalue weighted by molar-refractivity contribution is 0.340. The SMILES string of the molecule is CCOc1ccc2nc3cc(OC)c(O)c(O)c3cc2c1. The molecule has 0 amide bonds. The van der Waals surface area contributed by atoms with Crippen LogP contribution in [0.4, 0.5) is 0 Å². The summed E-state index contributed by atoms with van der Waals surface area (Å²) in [6.07, 6.45) is 0. The monoisotopic (exact) mass is 285 g/mol. The summed E-state index contributed by atoms with van der Waals surface area (Å²) in [7, 11) is 1.43. The number of pyridine rings is 1. The van der Waals surface area contributed by atoms with Crippen molar-refractivity contribution in [1.29, 1.82) is 0 Å². The summed E-state index contributed by atoms with van der Waals surface area (Å²) in [6.45, 7) is 2.49. The Morgan fingerprint density at radius 1 is 1.05 bits per heavy atom. The van der Waals surface area contributed by atoms with Crippen molar-refractivity contribution in [2.45, 2.75) is 6.92 Å².